The molecular weight excluding hydrogens is 351 g/mol. The van der Waals surface area contributed by atoms with Gasteiger partial charge in [0.05, 0.1) is 0 Å². The first-order valence-electron chi connectivity index (χ1n) is 8.96. The zero-order valence-corrected chi connectivity index (χ0v) is 21.6. The van der Waals surface area contributed by atoms with Gasteiger partial charge in [0.15, 0.2) is 0 Å². The summed E-state index contributed by atoms with van der Waals surface area (Å²) in [6.07, 6.45) is 0. The lowest BCUT2D eigenvalue weighted by atomic mass is 10.2. The van der Waals surface area contributed by atoms with Crippen molar-refractivity contribution in [2.45, 2.75) is 116 Å². The molecule has 0 radical (unpaired) electrons. The van der Waals surface area contributed by atoms with Crippen LogP contribution in [0.15, 0.2) is 0 Å². The fraction of sp³-hybridized carbons (Fsp3) is 1.00. The number of hydrogen-bond acceptors (Lipinski definition) is 3. The average molecular weight is 394 g/mol. The minimum absolute atomic E-state index is 0.0268. The van der Waals surface area contributed by atoms with Crippen molar-refractivity contribution >= 4 is 24.9 Å². The molecule has 0 atom stereocenters. The minimum atomic E-state index is -2.32. The summed E-state index contributed by atoms with van der Waals surface area (Å²) in [6, 6.07) is 0. The van der Waals surface area contributed by atoms with Crippen LogP contribution in [-0.4, -0.2) is 16.6 Å². The first-order chi connectivity index (χ1) is 10.1. The van der Waals surface area contributed by atoms with Gasteiger partial charge in [-0.15, -0.1) is 0 Å². The van der Waals surface area contributed by atoms with Crippen molar-refractivity contribution in [3.05, 3.63) is 0 Å². The molecular formula is C18H42O3PSi2+. The van der Waals surface area contributed by atoms with Crippen LogP contribution >= 0.6 is 8.25 Å². The van der Waals surface area contributed by atoms with Crippen LogP contribution in [0.2, 0.25) is 33.2 Å². The quantitative estimate of drug-likeness (QED) is 0.358. The van der Waals surface area contributed by atoms with Crippen molar-refractivity contribution < 1.29 is 13.0 Å². The Kier molecular flexibility index (Phi) is 7.01. The van der Waals surface area contributed by atoms with E-state index < -0.39 is 24.9 Å². The maximum atomic E-state index is 13.0. The van der Waals surface area contributed by atoms with Crippen LogP contribution in [0.25, 0.3) is 0 Å². The van der Waals surface area contributed by atoms with Crippen LogP contribution in [0, 0.1) is 0 Å². The third-order valence-electron chi connectivity index (χ3n) is 6.24. The molecule has 0 rings (SSSR count). The largest absolute Gasteiger partial charge is 0.673 e. The molecule has 0 N–H and O–H groups in total. The molecule has 0 spiro atoms. The molecule has 0 aliphatic carbocycles. The molecule has 3 nitrogen and oxygen atoms in total. The molecule has 0 aromatic heterocycles. The van der Waals surface area contributed by atoms with E-state index in [1.54, 1.807) is 0 Å². The lowest BCUT2D eigenvalue weighted by Crippen LogP contribution is -2.53. The van der Waals surface area contributed by atoms with Crippen LogP contribution in [0.3, 0.4) is 0 Å². The summed E-state index contributed by atoms with van der Waals surface area (Å²) in [5, 5.41) is -0.107. The zero-order chi connectivity index (χ0) is 20.0. The van der Waals surface area contributed by atoms with Gasteiger partial charge in [-0.2, -0.15) is 8.43 Å². The normalized spacial score (nSPS) is 15.6. The van der Waals surface area contributed by atoms with E-state index in [-0.39, 0.29) is 20.2 Å². The topological polar surface area (TPSA) is 35.5 Å². The lowest BCUT2D eigenvalue weighted by molar-refractivity contribution is 0.348. The van der Waals surface area contributed by atoms with Crippen LogP contribution < -0.4 is 0 Å². The summed E-state index contributed by atoms with van der Waals surface area (Å²) in [6.45, 7) is 30.7. The van der Waals surface area contributed by atoms with Gasteiger partial charge in [-0.05, 0) is 33.2 Å². The molecule has 0 saturated heterocycles. The fourth-order valence-corrected chi connectivity index (χ4v) is 14.9. The van der Waals surface area contributed by atoms with Crippen molar-refractivity contribution in [3.63, 3.8) is 0 Å². The van der Waals surface area contributed by atoms with Gasteiger partial charge < -0.3 is 0 Å². The van der Waals surface area contributed by atoms with E-state index in [1.807, 2.05) is 0 Å². The lowest BCUT2D eigenvalue weighted by Gasteiger charge is -2.45. The SMILES string of the molecule is CC(C)(C)[Si](C)(O[P+](=O)O[Si](C)(C(C)(C)C)C(C)(C)C)C(C)(C)C. The highest BCUT2D eigenvalue weighted by molar-refractivity contribution is 7.38. The Bertz CT molecular complexity index is 393. The molecule has 24 heavy (non-hydrogen) atoms. The third-order valence-corrected chi connectivity index (χ3v) is 21.8. The molecule has 0 fully saturated rings. The third kappa shape index (κ3) is 4.79. The highest BCUT2D eigenvalue weighted by atomic mass is 31.1. The second kappa shape index (κ2) is 6.88. The van der Waals surface area contributed by atoms with E-state index in [4.69, 9.17) is 8.43 Å². The maximum absolute atomic E-state index is 13.0. The van der Waals surface area contributed by atoms with Crippen molar-refractivity contribution in [1.82, 2.24) is 0 Å². The van der Waals surface area contributed by atoms with Gasteiger partial charge in [-0.1, -0.05) is 83.1 Å². The Labute approximate surface area is 154 Å². The Hall–Kier alpha value is 0.454. The van der Waals surface area contributed by atoms with Crippen LogP contribution in [0.4, 0.5) is 0 Å². The predicted molar refractivity (Wildman–Crippen MR) is 112 cm³/mol. The molecule has 0 aromatic carbocycles. The standard InChI is InChI=1S/C18H42O3PSi2/c1-15(2,3)23(13,16(4,5)6)20-22(19)21-24(14,17(7,8)9)18(10,11)12/h1-14H3/q+1. The summed E-state index contributed by atoms with van der Waals surface area (Å²) >= 11 is 0. The monoisotopic (exact) mass is 393 g/mol. The number of hydrogen-bond donors (Lipinski definition) is 0. The second-order valence-electron chi connectivity index (χ2n) is 11.5. The van der Waals surface area contributed by atoms with Crippen molar-refractivity contribution in [3.8, 4) is 0 Å². The first kappa shape index (κ1) is 24.5. The van der Waals surface area contributed by atoms with Gasteiger partial charge in [0, 0.05) is 4.57 Å². The molecule has 0 aliphatic heterocycles. The van der Waals surface area contributed by atoms with Crippen LogP contribution in [-0.2, 0) is 13.0 Å². The van der Waals surface area contributed by atoms with E-state index in [0.717, 1.165) is 0 Å². The Morgan fingerprint density at radius 3 is 0.833 bits per heavy atom. The van der Waals surface area contributed by atoms with E-state index >= 15 is 0 Å². The highest BCUT2D eigenvalue weighted by Gasteiger charge is 2.62. The van der Waals surface area contributed by atoms with E-state index in [1.165, 1.54) is 0 Å². The van der Waals surface area contributed by atoms with Gasteiger partial charge in [-0.25, -0.2) is 0 Å². The summed E-state index contributed by atoms with van der Waals surface area (Å²) in [4.78, 5) is 0. The van der Waals surface area contributed by atoms with E-state index in [2.05, 4.69) is 96.2 Å². The summed E-state index contributed by atoms with van der Waals surface area (Å²) in [7, 11) is -6.78. The molecule has 6 heteroatoms. The van der Waals surface area contributed by atoms with Crippen molar-refractivity contribution in [2.75, 3.05) is 0 Å². The smallest absolute Gasteiger partial charge is 0.175 e. The highest BCUT2D eigenvalue weighted by Crippen LogP contribution is 2.59. The molecule has 0 aromatic rings. The van der Waals surface area contributed by atoms with Crippen LogP contribution in [0.1, 0.15) is 83.1 Å². The van der Waals surface area contributed by atoms with Crippen LogP contribution in [0.5, 0.6) is 0 Å². The summed E-state index contributed by atoms with van der Waals surface area (Å²) in [5.41, 5.74) is 0. The summed E-state index contributed by atoms with van der Waals surface area (Å²) in [5.74, 6) is 0. The van der Waals surface area contributed by atoms with Gasteiger partial charge in [-0.3, -0.25) is 0 Å². The second-order valence-corrected chi connectivity index (χ2v) is 23.5. The summed E-state index contributed by atoms with van der Waals surface area (Å²) < 4.78 is 25.7. The molecule has 0 heterocycles. The van der Waals surface area contributed by atoms with Crippen molar-refractivity contribution in [2.24, 2.45) is 0 Å². The Morgan fingerprint density at radius 2 is 0.708 bits per heavy atom. The predicted octanol–water partition coefficient (Wildman–Crippen LogP) is 8.03. The van der Waals surface area contributed by atoms with Gasteiger partial charge in [0.25, 0.3) is 16.6 Å². The van der Waals surface area contributed by atoms with Crippen molar-refractivity contribution in [1.29, 1.82) is 0 Å². The average Bonchev–Trinajstić information content (AvgIpc) is 2.21. The number of rotatable bonds is 4. The fourth-order valence-electron chi connectivity index (χ4n) is 3.11. The van der Waals surface area contributed by atoms with E-state index in [0.29, 0.717) is 0 Å². The molecule has 0 bridgehead atoms. The Balaban J connectivity index is 5.74. The van der Waals surface area contributed by atoms with Gasteiger partial charge in [0.2, 0.25) is 0 Å². The van der Waals surface area contributed by atoms with E-state index in [9.17, 15) is 4.57 Å². The molecule has 0 saturated carbocycles. The first-order valence-corrected chi connectivity index (χ1v) is 14.9. The van der Waals surface area contributed by atoms with Gasteiger partial charge >= 0.3 is 8.25 Å². The Morgan fingerprint density at radius 1 is 0.542 bits per heavy atom. The maximum Gasteiger partial charge on any atom is 0.673 e. The molecule has 0 aliphatic rings. The molecule has 0 amide bonds. The van der Waals surface area contributed by atoms with Gasteiger partial charge in [0.1, 0.15) is 0 Å². The zero-order valence-electron chi connectivity index (χ0n) is 18.7. The molecule has 0 unspecified atom stereocenters. The molecule has 144 valence electrons. The minimum Gasteiger partial charge on any atom is -0.175 e.